The van der Waals surface area contributed by atoms with E-state index in [-0.39, 0.29) is 29.0 Å². The zero-order valence-corrected chi connectivity index (χ0v) is 26.1. The Morgan fingerprint density at radius 3 is 2.27 bits per heavy atom. The summed E-state index contributed by atoms with van der Waals surface area (Å²) >= 11 is 12.5. The van der Waals surface area contributed by atoms with Crippen LogP contribution in [0.5, 0.6) is 5.75 Å². The highest BCUT2D eigenvalue weighted by molar-refractivity contribution is 7.92. The second-order valence-electron chi connectivity index (χ2n) is 10.1. The lowest BCUT2D eigenvalue weighted by atomic mass is 10.1. The predicted molar refractivity (Wildman–Crippen MR) is 163 cm³/mol. The van der Waals surface area contributed by atoms with Crippen LogP contribution in [0.2, 0.25) is 10.0 Å². The fraction of sp³-hybridized carbons (Fsp3) is 0.333. The molecule has 0 bridgehead atoms. The number of amides is 2. The SMILES string of the molecule is COc1cccc(N(CC(=O)N(Cc2ccc(Cl)cc2Cl)[C@H](C)C(=O)NCC(C)C)S(=O)(=O)c2ccc(C)cc2)c1. The van der Waals surface area contributed by atoms with Crippen molar-refractivity contribution in [2.75, 3.05) is 24.5 Å². The van der Waals surface area contributed by atoms with Crippen LogP contribution in [0.15, 0.2) is 71.6 Å². The number of nitrogens with one attached hydrogen (secondary N) is 1. The molecule has 0 unspecified atom stereocenters. The van der Waals surface area contributed by atoms with Crippen molar-refractivity contribution in [1.29, 1.82) is 0 Å². The van der Waals surface area contributed by atoms with E-state index in [9.17, 15) is 18.0 Å². The standard InChI is InChI=1S/C30H35Cl2N3O5S/c1-20(2)17-33-30(37)22(4)34(18-23-11-12-24(31)15-28(23)32)29(36)19-35(25-7-6-8-26(16-25)40-5)41(38,39)27-13-9-21(3)10-14-27/h6-16,20,22H,17-19H2,1-5H3,(H,33,37)/t22-/m1/s1. The van der Waals surface area contributed by atoms with Crippen molar-refractivity contribution >= 4 is 50.7 Å². The van der Waals surface area contributed by atoms with Gasteiger partial charge in [0.15, 0.2) is 0 Å². The van der Waals surface area contributed by atoms with Gasteiger partial charge in [-0.3, -0.25) is 13.9 Å². The molecular formula is C30H35Cl2N3O5S. The van der Waals surface area contributed by atoms with Crippen molar-refractivity contribution < 1.29 is 22.7 Å². The molecule has 0 heterocycles. The van der Waals surface area contributed by atoms with Gasteiger partial charge in [-0.05, 0) is 61.7 Å². The molecule has 0 aliphatic rings. The summed E-state index contributed by atoms with van der Waals surface area (Å²) in [6.07, 6.45) is 0. The number of sulfonamides is 1. The van der Waals surface area contributed by atoms with Crippen LogP contribution in [-0.4, -0.2) is 51.4 Å². The number of rotatable bonds is 12. The van der Waals surface area contributed by atoms with Crippen LogP contribution in [0, 0.1) is 12.8 Å². The number of hydrogen-bond donors (Lipinski definition) is 1. The third-order valence-corrected chi connectivity index (χ3v) is 8.81. The maximum Gasteiger partial charge on any atom is 0.264 e. The number of halogens is 2. The second kappa shape index (κ2) is 14.1. The van der Waals surface area contributed by atoms with Gasteiger partial charge in [-0.25, -0.2) is 8.42 Å². The first-order valence-electron chi connectivity index (χ1n) is 13.1. The van der Waals surface area contributed by atoms with Gasteiger partial charge in [0.1, 0.15) is 18.3 Å². The third-order valence-electron chi connectivity index (χ3n) is 6.44. The topological polar surface area (TPSA) is 96.0 Å². The van der Waals surface area contributed by atoms with Gasteiger partial charge < -0.3 is 15.0 Å². The van der Waals surface area contributed by atoms with Crippen LogP contribution in [0.3, 0.4) is 0 Å². The molecule has 8 nitrogen and oxygen atoms in total. The zero-order valence-electron chi connectivity index (χ0n) is 23.7. The van der Waals surface area contributed by atoms with Gasteiger partial charge >= 0.3 is 0 Å². The van der Waals surface area contributed by atoms with E-state index in [1.807, 2.05) is 20.8 Å². The second-order valence-corrected chi connectivity index (χ2v) is 12.8. The lowest BCUT2D eigenvalue weighted by Gasteiger charge is -2.32. The number of nitrogens with zero attached hydrogens (tertiary/aromatic N) is 2. The molecule has 2 amide bonds. The molecule has 3 rings (SSSR count). The molecule has 0 radical (unpaired) electrons. The Bertz CT molecular complexity index is 1480. The molecule has 0 saturated carbocycles. The smallest absolute Gasteiger partial charge is 0.264 e. The van der Waals surface area contributed by atoms with E-state index in [4.69, 9.17) is 27.9 Å². The summed E-state index contributed by atoms with van der Waals surface area (Å²) in [6, 6.07) is 16.7. The fourth-order valence-electron chi connectivity index (χ4n) is 4.00. The van der Waals surface area contributed by atoms with E-state index < -0.39 is 28.5 Å². The molecule has 220 valence electrons. The number of methoxy groups -OCH3 is 1. The number of anilines is 1. The minimum absolute atomic E-state index is 0.0220. The fourth-order valence-corrected chi connectivity index (χ4v) is 5.87. The molecule has 0 saturated heterocycles. The molecular weight excluding hydrogens is 585 g/mol. The van der Waals surface area contributed by atoms with Crippen molar-refractivity contribution in [1.82, 2.24) is 10.2 Å². The van der Waals surface area contributed by atoms with Crippen LogP contribution >= 0.6 is 23.2 Å². The first-order valence-corrected chi connectivity index (χ1v) is 15.3. The molecule has 0 spiro atoms. The van der Waals surface area contributed by atoms with Crippen molar-refractivity contribution in [3.63, 3.8) is 0 Å². The van der Waals surface area contributed by atoms with Gasteiger partial charge in [0, 0.05) is 29.2 Å². The minimum Gasteiger partial charge on any atom is -0.497 e. The van der Waals surface area contributed by atoms with E-state index in [0.717, 1.165) is 9.87 Å². The summed E-state index contributed by atoms with van der Waals surface area (Å²) in [4.78, 5) is 28.5. The quantitative estimate of drug-likeness (QED) is 0.281. The average Bonchev–Trinajstić information content (AvgIpc) is 2.93. The first-order chi connectivity index (χ1) is 19.3. The maximum atomic E-state index is 14.0. The highest BCUT2D eigenvalue weighted by atomic mass is 35.5. The average molecular weight is 621 g/mol. The van der Waals surface area contributed by atoms with Crippen molar-refractivity contribution in [2.45, 2.75) is 45.2 Å². The number of carbonyl (C=O) groups excluding carboxylic acids is 2. The highest BCUT2D eigenvalue weighted by Gasteiger charge is 2.33. The Labute approximate surface area is 252 Å². The molecule has 11 heteroatoms. The first kappa shape index (κ1) is 32.2. The van der Waals surface area contributed by atoms with Gasteiger partial charge in [0.05, 0.1) is 17.7 Å². The Morgan fingerprint density at radius 1 is 0.976 bits per heavy atom. The number of benzene rings is 3. The Morgan fingerprint density at radius 2 is 1.66 bits per heavy atom. The molecule has 0 aromatic heterocycles. The van der Waals surface area contributed by atoms with E-state index in [2.05, 4.69) is 5.32 Å². The molecule has 0 aliphatic heterocycles. The van der Waals surface area contributed by atoms with Crippen LogP contribution in [-0.2, 0) is 26.2 Å². The Balaban J connectivity index is 2.05. The van der Waals surface area contributed by atoms with Crippen LogP contribution in [0.1, 0.15) is 31.9 Å². The molecule has 1 atom stereocenters. The molecule has 41 heavy (non-hydrogen) atoms. The Kier molecular flexibility index (Phi) is 11.1. The van der Waals surface area contributed by atoms with Crippen molar-refractivity contribution in [2.24, 2.45) is 5.92 Å². The van der Waals surface area contributed by atoms with E-state index in [1.165, 1.54) is 30.2 Å². The molecule has 0 aliphatic carbocycles. The minimum atomic E-state index is -4.19. The lowest BCUT2D eigenvalue weighted by molar-refractivity contribution is -0.139. The van der Waals surface area contributed by atoms with Crippen LogP contribution in [0.25, 0.3) is 0 Å². The van der Waals surface area contributed by atoms with Crippen LogP contribution in [0.4, 0.5) is 5.69 Å². The number of carbonyl (C=O) groups is 2. The normalized spacial score (nSPS) is 12.1. The van der Waals surface area contributed by atoms with E-state index in [0.29, 0.717) is 27.9 Å². The van der Waals surface area contributed by atoms with Gasteiger partial charge in [-0.1, -0.05) is 66.9 Å². The number of ether oxygens (including phenoxy) is 1. The maximum absolute atomic E-state index is 14.0. The monoisotopic (exact) mass is 619 g/mol. The molecule has 3 aromatic rings. The summed E-state index contributed by atoms with van der Waals surface area (Å²) in [5.41, 5.74) is 1.68. The van der Waals surface area contributed by atoms with Gasteiger partial charge in [-0.2, -0.15) is 0 Å². The van der Waals surface area contributed by atoms with E-state index >= 15 is 0 Å². The molecule has 1 N–H and O–H groups in total. The molecule has 0 fully saturated rings. The number of hydrogen-bond acceptors (Lipinski definition) is 5. The summed E-state index contributed by atoms with van der Waals surface area (Å²) in [5, 5.41) is 3.60. The van der Waals surface area contributed by atoms with Crippen molar-refractivity contribution in [3.05, 3.63) is 87.9 Å². The summed E-state index contributed by atoms with van der Waals surface area (Å²) in [5.74, 6) is -0.345. The van der Waals surface area contributed by atoms with Crippen LogP contribution < -0.4 is 14.4 Å². The van der Waals surface area contributed by atoms with Gasteiger partial charge in [0.2, 0.25) is 11.8 Å². The Hall–Kier alpha value is -3.27. The summed E-state index contributed by atoms with van der Waals surface area (Å²) in [6.45, 7) is 7.18. The van der Waals surface area contributed by atoms with Gasteiger partial charge in [0.25, 0.3) is 10.0 Å². The van der Waals surface area contributed by atoms with Crippen molar-refractivity contribution in [3.8, 4) is 5.75 Å². The zero-order chi connectivity index (χ0) is 30.3. The number of aryl methyl sites for hydroxylation is 1. The summed E-state index contributed by atoms with van der Waals surface area (Å²) < 4.78 is 34.2. The predicted octanol–water partition coefficient (Wildman–Crippen LogP) is 5.70. The van der Waals surface area contributed by atoms with Gasteiger partial charge in [-0.15, -0.1) is 0 Å². The highest BCUT2D eigenvalue weighted by Crippen LogP contribution is 2.28. The largest absolute Gasteiger partial charge is 0.497 e. The third kappa shape index (κ3) is 8.38. The lowest BCUT2D eigenvalue weighted by Crippen LogP contribution is -2.51. The summed E-state index contributed by atoms with van der Waals surface area (Å²) in [7, 11) is -2.72. The molecule has 3 aromatic carbocycles. The van der Waals surface area contributed by atoms with E-state index in [1.54, 1.807) is 55.5 Å².